The van der Waals surface area contributed by atoms with E-state index in [2.05, 4.69) is 29.6 Å². The lowest BCUT2D eigenvalue weighted by Gasteiger charge is -2.14. The highest BCUT2D eigenvalue weighted by molar-refractivity contribution is 6.10. The first-order chi connectivity index (χ1) is 14.8. The number of amides is 1. The van der Waals surface area contributed by atoms with Crippen molar-refractivity contribution in [2.45, 2.75) is 54.6 Å². The molecule has 6 nitrogen and oxygen atoms in total. The van der Waals surface area contributed by atoms with Gasteiger partial charge in [-0.2, -0.15) is 5.10 Å². The standard InChI is InChI=1S/C25H31N5O/c1-7-30-20(6)22(19(5)29-30)15-26-25(27-23-11-9-8-10-18(23)4)28-24(31)21-13-16(2)12-17(3)14-21/h8-14H,7,15H2,1-6H3,(H2,26,27,28,31). The van der Waals surface area contributed by atoms with Gasteiger partial charge >= 0.3 is 0 Å². The number of para-hydroxylation sites is 1. The zero-order valence-corrected chi connectivity index (χ0v) is 19.2. The molecule has 3 aromatic rings. The summed E-state index contributed by atoms with van der Waals surface area (Å²) in [5.74, 6) is 0.228. The molecule has 0 unspecified atom stereocenters. The molecule has 0 aliphatic heterocycles. The van der Waals surface area contributed by atoms with E-state index in [-0.39, 0.29) is 5.91 Å². The normalized spacial score (nSPS) is 11.5. The Balaban J connectivity index is 1.91. The van der Waals surface area contributed by atoms with Crippen LogP contribution in [0.5, 0.6) is 0 Å². The third kappa shape index (κ3) is 5.40. The van der Waals surface area contributed by atoms with Gasteiger partial charge in [-0.3, -0.25) is 14.8 Å². The number of guanidine groups is 1. The van der Waals surface area contributed by atoms with Crippen molar-refractivity contribution in [1.82, 2.24) is 15.1 Å². The number of aryl methyl sites for hydroxylation is 5. The van der Waals surface area contributed by atoms with Crippen LogP contribution in [0.4, 0.5) is 5.69 Å². The van der Waals surface area contributed by atoms with Crippen molar-refractivity contribution in [1.29, 1.82) is 0 Å². The molecule has 0 aliphatic rings. The smallest absolute Gasteiger partial charge is 0.257 e. The maximum Gasteiger partial charge on any atom is 0.257 e. The van der Waals surface area contributed by atoms with E-state index in [0.717, 1.165) is 45.9 Å². The molecule has 0 spiro atoms. The second kappa shape index (κ2) is 9.60. The van der Waals surface area contributed by atoms with E-state index in [1.165, 1.54) is 0 Å². The van der Waals surface area contributed by atoms with E-state index in [1.54, 1.807) is 0 Å². The number of carbonyl (C=O) groups excluding carboxylic acids is 1. The predicted octanol–water partition coefficient (Wildman–Crippen LogP) is 4.84. The molecule has 162 valence electrons. The van der Waals surface area contributed by atoms with Crippen LogP contribution in [0.15, 0.2) is 47.5 Å². The molecule has 0 saturated carbocycles. The number of carbonyl (C=O) groups is 1. The first-order valence-electron chi connectivity index (χ1n) is 10.6. The number of aliphatic imine (C=N–C) groups is 1. The summed E-state index contributed by atoms with van der Waals surface area (Å²) in [5, 5.41) is 10.8. The van der Waals surface area contributed by atoms with E-state index >= 15 is 0 Å². The van der Waals surface area contributed by atoms with Crippen molar-refractivity contribution < 1.29 is 4.79 Å². The molecule has 31 heavy (non-hydrogen) atoms. The summed E-state index contributed by atoms with van der Waals surface area (Å²) in [4.78, 5) is 17.7. The molecule has 2 aromatic carbocycles. The highest BCUT2D eigenvalue weighted by Crippen LogP contribution is 2.16. The zero-order chi connectivity index (χ0) is 22.5. The van der Waals surface area contributed by atoms with Gasteiger partial charge in [0.2, 0.25) is 5.96 Å². The topological polar surface area (TPSA) is 71.3 Å². The number of aromatic nitrogens is 2. The fourth-order valence-electron chi connectivity index (χ4n) is 3.67. The van der Waals surface area contributed by atoms with Crippen LogP contribution in [0, 0.1) is 34.6 Å². The van der Waals surface area contributed by atoms with Gasteiger partial charge in [-0.25, -0.2) is 4.99 Å². The number of rotatable bonds is 5. The van der Waals surface area contributed by atoms with Crippen LogP contribution in [0.25, 0.3) is 0 Å². The summed E-state index contributed by atoms with van der Waals surface area (Å²) in [5.41, 5.74) is 7.82. The molecular weight excluding hydrogens is 386 g/mol. The Kier molecular flexibility index (Phi) is 6.90. The fraction of sp³-hybridized carbons (Fsp3) is 0.320. The van der Waals surface area contributed by atoms with Gasteiger partial charge in [0.15, 0.2) is 0 Å². The van der Waals surface area contributed by atoms with Gasteiger partial charge in [-0.1, -0.05) is 35.4 Å². The zero-order valence-electron chi connectivity index (χ0n) is 19.2. The van der Waals surface area contributed by atoms with E-state index < -0.39 is 0 Å². The van der Waals surface area contributed by atoms with Gasteiger partial charge in [0, 0.05) is 29.1 Å². The average Bonchev–Trinajstić information content (AvgIpc) is 3.00. The van der Waals surface area contributed by atoms with E-state index in [9.17, 15) is 4.79 Å². The average molecular weight is 418 g/mol. The number of nitrogens with one attached hydrogen (secondary N) is 2. The third-order valence-electron chi connectivity index (χ3n) is 5.34. The van der Waals surface area contributed by atoms with Crippen molar-refractivity contribution in [2.24, 2.45) is 4.99 Å². The minimum atomic E-state index is -0.190. The monoisotopic (exact) mass is 417 g/mol. The lowest BCUT2D eigenvalue weighted by Crippen LogP contribution is -2.36. The maximum atomic E-state index is 13.0. The number of benzene rings is 2. The van der Waals surface area contributed by atoms with E-state index in [1.807, 2.05) is 74.8 Å². The number of nitrogens with zero attached hydrogens (tertiary/aromatic N) is 3. The van der Waals surface area contributed by atoms with Crippen LogP contribution in [-0.4, -0.2) is 21.6 Å². The first-order valence-corrected chi connectivity index (χ1v) is 10.6. The van der Waals surface area contributed by atoms with Gasteiger partial charge < -0.3 is 5.32 Å². The van der Waals surface area contributed by atoms with Crippen LogP contribution >= 0.6 is 0 Å². The lowest BCUT2D eigenvalue weighted by atomic mass is 10.1. The van der Waals surface area contributed by atoms with Gasteiger partial charge in [0.05, 0.1) is 12.2 Å². The lowest BCUT2D eigenvalue weighted by molar-refractivity contribution is 0.0976. The minimum absolute atomic E-state index is 0.190. The van der Waals surface area contributed by atoms with Crippen LogP contribution in [0.1, 0.15) is 50.9 Å². The van der Waals surface area contributed by atoms with Crippen molar-refractivity contribution >= 4 is 17.6 Å². The summed E-state index contributed by atoms with van der Waals surface area (Å²) in [6.07, 6.45) is 0. The molecule has 1 amide bonds. The quantitative estimate of drug-likeness (QED) is 0.461. The molecule has 0 atom stereocenters. The van der Waals surface area contributed by atoms with Crippen molar-refractivity contribution in [3.63, 3.8) is 0 Å². The predicted molar refractivity (Wildman–Crippen MR) is 127 cm³/mol. The summed E-state index contributed by atoms with van der Waals surface area (Å²) >= 11 is 0. The number of hydrogen-bond donors (Lipinski definition) is 2. The molecule has 3 rings (SSSR count). The molecule has 1 aromatic heterocycles. The molecule has 0 fully saturated rings. The summed E-state index contributed by atoms with van der Waals surface area (Å²) in [6.45, 7) is 13.4. The van der Waals surface area contributed by atoms with Gasteiger partial charge in [0.25, 0.3) is 5.91 Å². The Morgan fingerprint density at radius 1 is 1.03 bits per heavy atom. The fourth-order valence-corrected chi connectivity index (χ4v) is 3.67. The molecule has 1 heterocycles. The Hall–Kier alpha value is -3.41. The molecule has 0 radical (unpaired) electrons. The Bertz CT molecular complexity index is 1110. The van der Waals surface area contributed by atoms with Gasteiger partial charge in [-0.15, -0.1) is 0 Å². The van der Waals surface area contributed by atoms with Gasteiger partial charge in [0.1, 0.15) is 0 Å². The molecule has 0 aliphatic carbocycles. The number of anilines is 1. The van der Waals surface area contributed by atoms with Crippen LogP contribution < -0.4 is 10.6 Å². The molecule has 0 bridgehead atoms. The first kappa shape index (κ1) is 22.3. The highest BCUT2D eigenvalue weighted by atomic mass is 16.1. The number of hydrogen-bond acceptors (Lipinski definition) is 3. The van der Waals surface area contributed by atoms with Crippen LogP contribution in [0.3, 0.4) is 0 Å². The third-order valence-corrected chi connectivity index (χ3v) is 5.34. The minimum Gasteiger partial charge on any atom is -0.326 e. The second-order valence-electron chi connectivity index (χ2n) is 7.90. The van der Waals surface area contributed by atoms with Crippen molar-refractivity contribution in [2.75, 3.05) is 5.32 Å². The van der Waals surface area contributed by atoms with E-state index in [4.69, 9.17) is 4.99 Å². The van der Waals surface area contributed by atoms with Crippen molar-refractivity contribution in [3.05, 3.63) is 81.7 Å². The summed E-state index contributed by atoms with van der Waals surface area (Å²) in [7, 11) is 0. The highest BCUT2D eigenvalue weighted by Gasteiger charge is 2.14. The SMILES string of the molecule is CCn1nc(C)c(CN=C(NC(=O)c2cc(C)cc(C)c2)Nc2ccccc2C)c1C. The largest absolute Gasteiger partial charge is 0.326 e. The molecule has 6 heteroatoms. The summed E-state index contributed by atoms with van der Waals surface area (Å²) < 4.78 is 1.97. The Labute approximate surface area is 184 Å². The maximum absolute atomic E-state index is 13.0. The van der Waals surface area contributed by atoms with Gasteiger partial charge in [-0.05, 0) is 65.3 Å². The molecule has 2 N–H and O–H groups in total. The van der Waals surface area contributed by atoms with Crippen LogP contribution in [0.2, 0.25) is 0 Å². The second-order valence-corrected chi connectivity index (χ2v) is 7.90. The molecule has 0 saturated heterocycles. The summed E-state index contributed by atoms with van der Waals surface area (Å²) in [6, 6.07) is 13.7. The Morgan fingerprint density at radius 3 is 2.32 bits per heavy atom. The van der Waals surface area contributed by atoms with E-state index in [0.29, 0.717) is 18.1 Å². The van der Waals surface area contributed by atoms with Crippen molar-refractivity contribution in [3.8, 4) is 0 Å². The Morgan fingerprint density at radius 2 is 1.71 bits per heavy atom. The van der Waals surface area contributed by atoms with Crippen LogP contribution in [-0.2, 0) is 13.1 Å². The molecular formula is C25H31N5O.